The first-order valence-electron chi connectivity index (χ1n) is 5.86. The number of carbonyl (C=O) groups is 1. The molecule has 0 bridgehead atoms. The molecule has 0 aromatic rings. The zero-order chi connectivity index (χ0) is 13.3. The summed E-state index contributed by atoms with van der Waals surface area (Å²) in [6.07, 6.45) is 1.45. The molecule has 1 atom stereocenters. The molecule has 0 radical (unpaired) electrons. The molecule has 1 heterocycles. The van der Waals surface area contributed by atoms with Gasteiger partial charge in [0.15, 0.2) is 0 Å². The van der Waals surface area contributed by atoms with Crippen LogP contribution in [0.25, 0.3) is 0 Å². The molecule has 1 fully saturated rings. The van der Waals surface area contributed by atoms with Crippen molar-refractivity contribution in [2.75, 3.05) is 13.1 Å². The molecule has 0 aromatic carbocycles. The van der Waals surface area contributed by atoms with Gasteiger partial charge in [-0.1, -0.05) is 0 Å². The predicted octanol–water partition coefficient (Wildman–Crippen LogP) is 1.30. The number of hydrogen-bond acceptors (Lipinski definition) is 3. The summed E-state index contributed by atoms with van der Waals surface area (Å²) in [5.41, 5.74) is 0. The van der Waals surface area contributed by atoms with Gasteiger partial charge in [0, 0.05) is 19.5 Å². The van der Waals surface area contributed by atoms with Crippen LogP contribution in [0.3, 0.4) is 0 Å². The maximum absolute atomic E-state index is 12.1. The molecule has 6 heteroatoms. The van der Waals surface area contributed by atoms with Crippen LogP contribution in [-0.2, 0) is 14.8 Å². The molecule has 17 heavy (non-hydrogen) atoms. The van der Waals surface area contributed by atoms with Crippen LogP contribution < -0.4 is 0 Å². The maximum Gasteiger partial charge on any atom is 0.303 e. The molecular weight excluding hydrogens is 242 g/mol. The molecule has 1 saturated heterocycles. The van der Waals surface area contributed by atoms with Crippen LogP contribution in [0.2, 0.25) is 0 Å². The third-order valence-electron chi connectivity index (χ3n) is 3.13. The van der Waals surface area contributed by atoms with E-state index in [1.807, 2.05) is 0 Å². The molecule has 0 aromatic heterocycles. The summed E-state index contributed by atoms with van der Waals surface area (Å²) in [5.74, 6) is -0.634. The highest BCUT2D eigenvalue weighted by atomic mass is 32.2. The zero-order valence-electron chi connectivity index (χ0n) is 10.6. The van der Waals surface area contributed by atoms with Crippen LogP contribution in [0.15, 0.2) is 0 Å². The van der Waals surface area contributed by atoms with Gasteiger partial charge in [-0.05, 0) is 39.5 Å². The standard InChI is InChI=1S/C11H21NO4S/c1-11(2,3)17(15,16)12-7-6-9(8-12)4-5-10(13)14/h9H,4-8H2,1-3H3,(H,13,14). The number of nitrogens with zero attached hydrogens (tertiary/aromatic N) is 1. The van der Waals surface area contributed by atoms with Crippen LogP contribution in [0, 0.1) is 5.92 Å². The number of carboxylic acids is 1. The SMILES string of the molecule is CC(C)(C)S(=O)(=O)N1CCC(CCC(=O)O)C1. The fourth-order valence-electron chi connectivity index (χ4n) is 1.97. The average Bonchev–Trinajstić information content (AvgIpc) is 2.61. The van der Waals surface area contributed by atoms with E-state index in [1.54, 1.807) is 20.8 Å². The number of sulfonamides is 1. The lowest BCUT2D eigenvalue weighted by Gasteiger charge is -2.26. The largest absolute Gasteiger partial charge is 0.481 e. The van der Waals surface area contributed by atoms with Gasteiger partial charge in [-0.25, -0.2) is 12.7 Å². The summed E-state index contributed by atoms with van der Waals surface area (Å²) in [6, 6.07) is 0. The van der Waals surface area contributed by atoms with Crippen LogP contribution in [0.5, 0.6) is 0 Å². The van der Waals surface area contributed by atoms with E-state index < -0.39 is 20.7 Å². The smallest absolute Gasteiger partial charge is 0.303 e. The second-order valence-electron chi connectivity index (χ2n) is 5.56. The predicted molar refractivity (Wildman–Crippen MR) is 65.2 cm³/mol. The van der Waals surface area contributed by atoms with Crippen molar-refractivity contribution in [3.63, 3.8) is 0 Å². The molecule has 1 rings (SSSR count). The van der Waals surface area contributed by atoms with E-state index in [2.05, 4.69) is 0 Å². The van der Waals surface area contributed by atoms with E-state index in [0.717, 1.165) is 6.42 Å². The highest BCUT2D eigenvalue weighted by molar-refractivity contribution is 7.90. The summed E-state index contributed by atoms with van der Waals surface area (Å²) in [5, 5.41) is 8.60. The first-order valence-corrected chi connectivity index (χ1v) is 7.30. The van der Waals surface area contributed by atoms with Crippen molar-refractivity contribution in [2.45, 2.75) is 44.8 Å². The molecule has 0 amide bonds. The molecule has 1 aliphatic heterocycles. The Morgan fingerprint density at radius 2 is 2.00 bits per heavy atom. The second kappa shape index (κ2) is 4.94. The summed E-state index contributed by atoms with van der Waals surface area (Å²) < 4.78 is 25.0. The molecule has 100 valence electrons. The zero-order valence-corrected chi connectivity index (χ0v) is 11.5. The van der Waals surface area contributed by atoms with Crippen molar-refractivity contribution < 1.29 is 18.3 Å². The molecule has 0 spiro atoms. The maximum atomic E-state index is 12.1. The van der Waals surface area contributed by atoms with Gasteiger partial charge in [0.25, 0.3) is 0 Å². The third kappa shape index (κ3) is 3.42. The normalized spacial score (nSPS) is 22.9. The minimum Gasteiger partial charge on any atom is -0.481 e. The lowest BCUT2D eigenvalue weighted by Crippen LogP contribution is -2.41. The Labute approximate surface area is 103 Å². The number of rotatable bonds is 4. The summed E-state index contributed by atoms with van der Waals surface area (Å²) >= 11 is 0. The molecule has 5 nitrogen and oxygen atoms in total. The van der Waals surface area contributed by atoms with E-state index in [-0.39, 0.29) is 12.3 Å². The van der Waals surface area contributed by atoms with E-state index in [9.17, 15) is 13.2 Å². The summed E-state index contributed by atoms with van der Waals surface area (Å²) in [6.45, 7) is 6.05. The lowest BCUT2D eigenvalue weighted by molar-refractivity contribution is -0.137. The van der Waals surface area contributed by atoms with Crippen molar-refractivity contribution in [3.05, 3.63) is 0 Å². The first-order chi connectivity index (χ1) is 7.64. The van der Waals surface area contributed by atoms with E-state index in [0.29, 0.717) is 19.5 Å². The highest BCUT2D eigenvalue weighted by Gasteiger charge is 2.39. The van der Waals surface area contributed by atoms with Crippen LogP contribution in [0.1, 0.15) is 40.0 Å². The minimum absolute atomic E-state index is 0.119. The number of aliphatic carboxylic acids is 1. The van der Waals surface area contributed by atoms with Crippen molar-refractivity contribution in [1.29, 1.82) is 0 Å². The second-order valence-corrected chi connectivity index (χ2v) is 8.25. The number of carboxylic acid groups (broad SMARTS) is 1. The van der Waals surface area contributed by atoms with Crippen LogP contribution >= 0.6 is 0 Å². The Kier molecular flexibility index (Phi) is 4.19. The van der Waals surface area contributed by atoms with E-state index >= 15 is 0 Å². The van der Waals surface area contributed by atoms with Gasteiger partial charge >= 0.3 is 5.97 Å². The quantitative estimate of drug-likeness (QED) is 0.829. The monoisotopic (exact) mass is 263 g/mol. The topological polar surface area (TPSA) is 74.7 Å². The highest BCUT2D eigenvalue weighted by Crippen LogP contribution is 2.28. The summed E-state index contributed by atoms with van der Waals surface area (Å²) in [7, 11) is -3.26. The molecule has 1 aliphatic rings. The molecule has 1 N–H and O–H groups in total. The fourth-order valence-corrected chi connectivity index (χ4v) is 3.49. The lowest BCUT2D eigenvalue weighted by atomic mass is 10.0. The molecule has 0 aliphatic carbocycles. The van der Waals surface area contributed by atoms with Gasteiger partial charge in [-0.15, -0.1) is 0 Å². The van der Waals surface area contributed by atoms with E-state index in [4.69, 9.17) is 5.11 Å². The molecule has 0 saturated carbocycles. The molecular formula is C11H21NO4S. The van der Waals surface area contributed by atoms with Gasteiger partial charge in [-0.3, -0.25) is 4.79 Å². The Bertz CT molecular complexity index is 383. The third-order valence-corrected chi connectivity index (χ3v) is 5.69. The van der Waals surface area contributed by atoms with Crippen molar-refractivity contribution in [2.24, 2.45) is 5.92 Å². The van der Waals surface area contributed by atoms with Gasteiger partial charge in [0.2, 0.25) is 10.0 Å². The molecule has 1 unspecified atom stereocenters. The fraction of sp³-hybridized carbons (Fsp3) is 0.909. The van der Waals surface area contributed by atoms with Gasteiger partial charge < -0.3 is 5.11 Å². The van der Waals surface area contributed by atoms with Crippen LogP contribution in [0.4, 0.5) is 0 Å². The van der Waals surface area contributed by atoms with Crippen molar-refractivity contribution >= 4 is 16.0 Å². The Hall–Kier alpha value is -0.620. The van der Waals surface area contributed by atoms with Crippen molar-refractivity contribution in [3.8, 4) is 0 Å². The Morgan fingerprint density at radius 3 is 2.47 bits per heavy atom. The van der Waals surface area contributed by atoms with Gasteiger partial charge in [-0.2, -0.15) is 0 Å². The number of hydrogen-bond donors (Lipinski definition) is 1. The van der Waals surface area contributed by atoms with Crippen molar-refractivity contribution in [1.82, 2.24) is 4.31 Å². The minimum atomic E-state index is -3.26. The van der Waals surface area contributed by atoms with Gasteiger partial charge in [0.1, 0.15) is 0 Å². The van der Waals surface area contributed by atoms with Crippen LogP contribution in [-0.4, -0.2) is 41.6 Å². The van der Waals surface area contributed by atoms with Gasteiger partial charge in [0.05, 0.1) is 4.75 Å². The Morgan fingerprint density at radius 1 is 1.41 bits per heavy atom. The first kappa shape index (κ1) is 14.4. The summed E-state index contributed by atoms with van der Waals surface area (Å²) in [4.78, 5) is 10.5. The Balaban J connectivity index is 2.59. The van der Waals surface area contributed by atoms with E-state index in [1.165, 1.54) is 4.31 Å². The average molecular weight is 263 g/mol.